The summed E-state index contributed by atoms with van der Waals surface area (Å²) in [5, 5.41) is 14.8. The monoisotopic (exact) mass is 333 g/mol. The number of amides is 2. The molecule has 1 fully saturated rings. The van der Waals surface area contributed by atoms with Gasteiger partial charge >= 0.3 is 12.0 Å². The van der Waals surface area contributed by atoms with Gasteiger partial charge in [0.2, 0.25) is 0 Å². The molecule has 0 bridgehead atoms. The number of nitrogens with zero attached hydrogens (tertiary/aromatic N) is 1. The molecular weight excluding hydrogens is 310 g/mol. The zero-order valence-corrected chi connectivity index (χ0v) is 13.7. The third kappa shape index (κ3) is 3.62. The van der Waals surface area contributed by atoms with E-state index in [1.807, 2.05) is 36.1 Å². The molecule has 2 aliphatic rings. The highest BCUT2D eigenvalue weighted by Crippen LogP contribution is 2.31. The van der Waals surface area contributed by atoms with Gasteiger partial charge in [0, 0.05) is 17.6 Å². The number of urea groups is 1. The van der Waals surface area contributed by atoms with E-state index in [2.05, 4.69) is 10.6 Å². The van der Waals surface area contributed by atoms with Crippen LogP contribution in [0.15, 0.2) is 24.3 Å². The number of hydrogen-bond donors (Lipinski definition) is 3. The van der Waals surface area contributed by atoms with Crippen molar-refractivity contribution in [3.05, 3.63) is 29.8 Å². The number of ether oxygens (including phenoxy) is 1. The standard InChI is InChI=1S/C17H23N3O4/c1-2-20(9-16(21)22)12-7-11(8-12)18-17(23)19-14-10-24-15-6-4-3-5-13(14)15/h3-6,11-12,14H,2,7-10H2,1H3,(H,21,22)(H2,18,19,23). The maximum atomic E-state index is 12.2. The smallest absolute Gasteiger partial charge is 0.317 e. The van der Waals surface area contributed by atoms with Crippen LogP contribution >= 0.6 is 0 Å². The van der Waals surface area contributed by atoms with Crippen molar-refractivity contribution in [2.24, 2.45) is 0 Å². The number of likely N-dealkylation sites (N-methyl/N-ethyl adjacent to an activating group) is 1. The Hall–Kier alpha value is -2.28. The fourth-order valence-electron chi connectivity index (χ4n) is 3.34. The molecule has 2 amide bonds. The zero-order valence-electron chi connectivity index (χ0n) is 13.7. The lowest BCUT2D eigenvalue weighted by Gasteiger charge is -2.42. The maximum Gasteiger partial charge on any atom is 0.317 e. The van der Waals surface area contributed by atoms with Gasteiger partial charge in [0.05, 0.1) is 12.6 Å². The second-order valence-electron chi connectivity index (χ2n) is 6.30. The summed E-state index contributed by atoms with van der Waals surface area (Å²) in [7, 11) is 0. The summed E-state index contributed by atoms with van der Waals surface area (Å²) >= 11 is 0. The first-order valence-corrected chi connectivity index (χ1v) is 8.31. The first kappa shape index (κ1) is 16.6. The molecule has 3 N–H and O–H groups in total. The highest BCUT2D eigenvalue weighted by Gasteiger charge is 2.35. The van der Waals surface area contributed by atoms with Crippen LogP contribution in [0.5, 0.6) is 5.75 Å². The van der Waals surface area contributed by atoms with Gasteiger partial charge in [0.1, 0.15) is 12.4 Å². The van der Waals surface area contributed by atoms with Crippen molar-refractivity contribution >= 4 is 12.0 Å². The molecule has 1 atom stereocenters. The number of carbonyl (C=O) groups excluding carboxylic acids is 1. The summed E-state index contributed by atoms with van der Waals surface area (Å²) < 4.78 is 5.55. The summed E-state index contributed by atoms with van der Waals surface area (Å²) in [4.78, 5) is 24.9. The molecule has 1 aromatic carbocycles. The molecule has 0 spiro atoms. The number of hydrogen-bond acceptors (Lipinski definition) is 4. The van der Waals surface area contributed by atoms with Crippen LogP contribution < -0.4 is 15.4 Å². The molecule has 1 aliphatic heterocycles. The van der Waals surface area contributed by atoms with E-state index >= 15 is 0 Å². The van der Waals surface area contributed by atoms with Crippen LogP contribution in [0.1, 0.15) is 31.4 Å². The fourth-order valence-corrected chi connectivity index (χ4v) is 3.34. The van der Waals surface area contributed by atoms with E-state index in [-0.39, 0.29) is 30.7 Å². The summed E-state index contributed by atoms with van der Waals surface area (Å²) in [5.74, 6) is 0.00432. The molecule has 130 valence electrons. The highest BCUT2D eigenvalue weighted by molar-refractivity contribution is 5.75. The molecule has 0 aromatic heterocycles. The van der Waals surface area contributed by atoms with Crippen LogP contribution in [0.4, 0.5) is 4.79 Å². The minimum absolute atomic E-state index is 0.0519. The molecule has 1 heterocycles. The summed E-state index contributed by atoms with van der Waals surface area (Å²) in [5.41, 5.74) is 0.998. The molecule has 1 aliphatic carbocycles. The number of carbonyl (C=O) groups is 2. The number of carboxylic acid groups (broad SMARTS) is 1. The lowest BCUT2D eigenvalue weighted by Crippen LogP contribution is -2.56. The van der Waals surface area contributed by atoms with E-state index in [1.54, 1.807) is 0 Å². The largest absolute Gasteiger partial charge is 0.491 e. The molecule has 3 rings (SSSR count). The van der Waals surface area contributed by atoms with Gasteiger partial charge in [-0.1, -0.05) is 25.1 Å². The van der Waals surface area contributed by atoms with E-state index < -0.39 is 5.97 Å². The molecule has 7 nitrogen and oxygen atoms in total. The average Bonchev–Trinajstić information content (AvgIpc) is 2.91. The van der Waals surface area contributed by atoms with Gasteiger partial charge in [-0.25, -0.2) is 4.79 Å². The Labute approximate surface area is 141 Å². The van der Waals surface area contributed by atoms with Gasteiger partial charge in [-0.15, -0.1) is 0 Å². The minimum atomic E-state index is -0.814. The van der Waals surface area contributed by atoms with E-state index in [1.165, 1.54) is 0 Å². The van der Waals surface area contributed by atoms with Crippen molar-refractivity contribution in [1.29, 1.82) is 0 Å². The Morgan fingerprint density at radius 1 is 1.29 bits per heavy atom. The second-order valence-corrected chi connectivity index (χ2v) is 6.30. The average molecular weight is 333 g/mol. The second kappa shape index (κ2) is 7.09. The molecule has 0 radical (unpaired) electrons. The summed E-state index contributed by atoms with van der Waals surface area (Å²) in [6, 6.07) is 7.68. The van der Waals surface area contributed by atoms with Gasteiger partial charge in [-0.3, -0.25) is 9.69 Å². The van der Waals surface area contributed by atoms with E-state index in [0.29, 0.717) is 13.2 Å². The zero-order chi connectivity index (χ0) is 17.1. The van der Waals surface area contributed by atoms with E-state index in [9.17, 15) is 9.59 Å². The summed E-state index contributed by atoms with van der Waals surface area (Å²) in [6.45, 7) is 3.15. The molecule has 1 aromatic rings. The lowest BCUT2D eigenvalue weighted by molar-refractivity contribution is -0.139. The van der Waals surface area contributed by atoms with E-state index in [4.69, 9.17) is 9.84 Å². The Bertz CT molecular complexity index is 616. The van der Waals surface area contributed by atoms with Crippen LogP contribution in [0.25, 0.3) is 0 Å². The number of para-hydroxylation sites is 1. The molecular formula is C17H23N3O4. The van der Waals surface area contributed by atoms with Crippen LogP contribution in [0, 0.1) is 0 Å². The van der Waals surface area contributed by atoms with E-state index in [0.717, 1.165) is 24.2 Å². The number of rotatable bonds is 6. The molecule has 0 saturated heterocycles. The fraction of sp³-hybridized carbons (Fsp3) is 0.529. The van der Waals surface area contributed by atoms with Gasteiger partial charge in [-0.05, 0) is 25.5 Å². The van der Waals surface area contributed by atoms with Crippen molar-refractivity contribution in [1.82, 2.24) is 15.5 Å². The third-order valence-electron chi connectivity index (χ3n) is 4.71. The first-order chi connectivity index (χ1) is 11.6. The molecule has 7 heteroatoms. The van der Waals surface area contributed by atoms with Crippen molar-refractivity contribution in [3.8, 4) is 5.75 Å². The SMILES string of the molecule is CCN(CC(=O)O)C1CC(NC(=O)NC2COc3ccccc32)C1. The lowest BCUT2D eigenvalue weighted by atomic mass is 9.85. The number of fused-ring (bicyclic) bond motifs is 1. The van der Waals surface area contributed by atoms with Crippen LogP contribution in [-0.4, -0.2) is 53.8 Å². The highest BCUT2D eigenvalue weighted by atomic mass is 16.5. The Morgan fingerprint density at radius 3 is 2.75 bits per heavy atom. The Morgan fingerprint density at radius 2 is 2.04 bits per heavy atom. The quantitative estimate of drug-likeness (QED) is 0.731. The number of carboxylic acids is 1. The van der Waals surface area contributed by atoms with Crippen molar-refractivity contribution < 1.29 is 19.4 Å². The molecule has 1 unspecified atom stereocenters. The van der Waals surface area contributed by atoms with Crippen LogP contribution in [0.2, 0.25) is 0 Å². The predicted octanol–water partition coefficient (Wildman–Crippen LogP) is 1.36. The molecule has 1 saturated carbocycles. The first-order valence-electron chi connectivity index (χ1n) is 8.31. The Kier molecular flexibility index (Phi) is 4.89. The third-order valence-corrected chi connectivity index (χ3v) is 4.71. The number of aliphatic carboxylic acids is 1. The van der Waals surface area contributed by atoms with Gasteiger partial charge in [0.25, 0.3) is 0 Å². The van der Waals surface area contributed by atoms with Crippen molar-refractivity contribution in [2.75, 3.05) is 19.7 Å². The van der Waals surface area contributed by atoms with Crippen LogP contribution in [0.3, 0.4) is 0 Å². The normalized spacial score (nSPS) is 24.7. The summed E-state index contributed by atoms with van der Waals surface area (Å²) in [6.07, 6.45) is 1.57. The number of nitrogens with one attached hydrogen (secondary N) is 2. The van der Waals surface area contributed by atoms with Crippen molar-refractivity contribution in [3.63, 3.8) is 0 Å². The molecule has 24 heavy (non-hydrogen) atoms. The van der Waals surface area contributed by atoms with Gasteiger partial charge in [-0.2, -0.15) is 0 Å². The van der Waals surface area contributed by atoms with Gasteiger partial charge in [0.15, 0.2) is 0 Å². The Balaban J connectivity index is 1.44. The van der Waals surface area contributed by atoms with Crippen LogP contribution in [-0.2, 0) is 4.79 Å². The maximum absolute atomic E-state index is 12.2. The minimum Gasteiger partial charge on any atom is -0.491 e. The number of benzene rings is 1. The van der Waals surface area contributed by atoms with Crippen molar-refractivity contribution in [2.45, 2.75) is 37.9 Å². The van der Waals surface area contributed by atoms with Gasteiger partial charge < -0.3 is 20.5 Å². The topological polar surface area (TPSA) is 90.9 Å². The predicted molar refractivity (Wildman–Crippen MR) is 88.0 cm³/mol.